The van der Waals surface area contributed by atoms with Crippen LogP contribution in [0.2, 0.25) is 0 Å². The van der Waals surface area contributed by atoms with Gasteiger partial charge < -0.3 is 19.9 Å². The highest BCUT2D eigenvalue weighted by molar-refractivity contribution is 5.85. The maximum absolute atomic E-state index is 14.9. The molecule has 4 heterocycles. The van der Waals surface area contributed by atoms with Gasteiger partial charge in [0.05, 0.1) is 35.0 Å². The third kappa shape index (κ3) is 2.98. The van der Waals surface area contributed by atoms with Crippen molar-refractivity contribution in [1.82, 2.24) is 30.0 Å². The Morgan fingerprint density at radius 1 is 1.33 bits per heavy atom. The number of hydrogen-bond donors (Lipinski definition) is 2. The van der Waals surface area contributed by atoms with Crippen LogP contribution in [-0.4, -0.2) is 61.2 Å². The minimum atomic E-state index is -2.69. The van der Waals surface area contributed by atoms with Crippen molar-refractivity contribution in [1.29, 1.82) is 0 Å². The fourth-order valence-corrected chi connectivity index (χ4v) is 4.41. The lowest BCUT2D eigenvalue weighted by molar-refractivity contribution is 0.176. The molecule has 2 fully saturated rings. The molecule has 3 aromatic rings. The monoisotopic (exact) mass is 414 g/mol. The van der Waals surface area contributed by atoms with E-state index >= 15 is 0 Å². The molecule has 2 bridgehead atoms. The molecule has 2 aromatic heterocycles. The number of nitrogens with one attached hydrogen (secondary N) is 1. The van der Waals surface area contributed by atoms with Gasteiger partial charge >= 0.3 is 0 Å². The standard InChI is InChI=1S/C20H22FN7O2/c1-27-9-23-14-6-12(16(29)7-11(14)20(27)30)19-22-8-17(25-26-19)28(2)15-5-10-3-4-13(24-10)18(15)21/h6-10,13,15,18,24,29H,3-5H2,1-2H3/t10?,13?,15-,18+/m1/s1/i1D3. The summed E-state index contributed by atoms with van der Waals surface area (Å²) < 4.78 is 37.7. The van der Waals surface area contributed by atoms with E-state index < -0.39 is 18.7 Å². The van der Waals surface area contributed by atoms with Crippen LogP contribution in [0, 0.1) is 0 Å². The number of anilines is 1. The number of phenolic OH excluding ortho intramolecular Hbond substituents is 1. The van der Waals surface area contributed by atoms with Gasteiger partial charge in [-0.05, 0) is 31.4 Å². The van der Waals surface area contributed by atoms with Crippen LogP contribution in [0.1, 0.15) is 23.4 Å². The zero-order valence-corrected chi connectivity index (χ0v) is 16.2. The van der Waals surface area contributed by atoms with Gasteiger partial charge in [0.1, 0.15) is 11.9 Å². The SMILES string of the molecule is [2H]C([2H])([2H])n1cnc2cc(-c3ncc(N(C)[C@@H]4CC5CCC(N5)[C@@H]4F)nn3)c(O)cc2c1=O. The fraction of sp³-hybridized carbons (Fsp3) is 0.450. The van der Waals surface area contributed by atoms with Crippen molar-refractivity contribution >= 4 is 16.7 Å². The second-order valence-corrected chi connectivity index (χ2v) is 7.85. The molecule has 0 saturated carbocycles. The summed E-state index contributed by atoms with van der Waals surface area (Å²) in [5.41, 5.74) is -0.427. The summed E-state index contributed by atoms with van der Waals surface area (Å²) in [5, 5.41) is 22.0. The predicted octanol–water partition coefficient (Wildman–Crippen LogP) is 1.16. The molecule has 2 N–H and O–H groups in total. The van der Waals surface area contributed by atoms with Gasteiger partial charge in [0, 0.05) is 30.2 Å². The van der Waals surface area contributed by atoms with Crippen molar-refractivity contribution in [2.45, 2.75) is 43.6 Å². The number of aromatic nitrogens is 5. The van der Waals surface area contributed by atoms with Crippen LogP contribution in [0.15, 0.2) is 29.5 Å². The molecule has 0 spiro atoms. The minimum Gasteiger partial charge on any atom is -0.507 e. The molecule has 9 nitrogen and oxygen atoms in total. The van der Waals surface area contributed by atoms with Crippen molar-refractivity contribution in [3.63, 3.8) is 0 Å². The second-order valence-electron chi connectivity index (χ2n) is 7.85. The average Bonchev–Trinajstić information content (AvgIpc) is 3.19. The van der Waals surface area contributed by atoms with Gasteiger partial charge in [-0.25, -0.2) is 14.4 Å². The van der Waals surface area contributed by atoms with Gasteiger partial charge in [0.2, 0.25) is 0 Å². The third-order valence-electron chi connectivity index (χ3n) is 6.08. The maximum Gasteiger partial charge on any atom is 0.261 e. The molecule has 10 heteroatoms. The quantitative estimate of drug-likeness (QED) is 0.657. The second kappa shape index (κ2) is 6.98. The summed E-state index contributed by atoms with van der Waals surface area (Å²) in [5.74, 6) is 0.188. The van der Waals surface area contributed by atoms with Crippen molar-refractivity contribution in [2.75, 3.05) is 11.9 Å². The number of halogens is 1. The van der Waals surface area contributed by atoms with E-state index in [1.165, 1.54) is 12.3 Å². The molecule has 0 amide bonds. The molecule has 2 aliphatic heterocycles. The Bertz CT molecular complexity index is 1270. The van der Waals surface area contributed by atoms with E-state index in [9.17, 15) is 14.3 Å². The van der Waals surface area contributed by atoms with E-state index in [-0.39, 0.29) is 40.1 Å². The van der Waals surface area contributed by atoms with Gasteiger partial charge in [0.15, 0.2) is 11.6 Å². The Labute approximate surface area is 175 Å². The normalized spacial score (nSPS) is 27.5. The first-order chi connectivity index (χ1) is 15.6. The van der Waals surface area contributed by atoms with Gasteiger partial charge in [-0.15, -0.1) is 10.2 Å². The first kappa shape index (κ1) is 15.7. The smallest absolute Gasteiger partial charge is 0.261 e. The number of rotatable bonds is 3. The maximum atomic E-state index is 14.9. The topological polar surface area (TPSA) is 109 Å². The molecule has 0 radical (unpaired) electrons. The molecule has 1 aromatic carbocycles. The average molecular weight is 414 g/mol. The summed E-state index contributed by atoms with van der Waals surface area (Å²) in [7, 11) is 1.76. The van der Waals surface area contributed by atoms with Crippen LogP contribution in [-0.2, 0) is 6.98 Å². The van der Waals surface area contributed by atoms with Crippen molar-refractivity contribution in [2.24, 2.45) is 6.98 Å². The highest BCUT2D eigenvalue weighted by Crippen LogP contribution is 2.33. The van der Waals surface area contributed by atoms with Crippen molar-refractivity contribution < 1.29 is 13.6 Å². The number of aryl methyl sites for hydroxylation is 1. The molecular weight excluding hydrogens is 389 g/mol. The number of piperidine rings is 1. The van der Waals surface area contributed by atoms with Crippen LogP contribution in [0.25, 0.3) is 22.3 Å². The number of hydrogen-bond acceptors (Lipinski definition) is 8. The number of aromatic hydroxyl groups is 1. The Kier molecular flexibility index (Phi) is 3.64. The van der Waals surface area contributed by atoms with E-state index in [4.69, 9.17) is 4.11 Å². The van der Waals surface area contributed by atoms with E-state index in [0.29, 0.717) is 22.8 Å². The largest absolute Gasteiger partial charge is 0.507 e. The lowest BCUT2D eigenvalue weighted by Crippen LogP contribution is -2.55. The zero-order chi connectivity index (χ0) is 23.5. The summed E-state index contributed by atoms with van der Waals surface area (Å²) in [4.78, 5) is 22.5. The van der Waals surface area contributed by atoms with Crippen LogP contribution in [0.5, 0.6) is 5.75 Å². The highest BCUT2D eigenvalue weighted by atomic mass is 19.1. The van der Waals surface area contributed by atoms with Crippen molar-refractivity contribution in [3.05, 3.63) is 35.0 Å². The Hall–Kier alpha value is -3.14. The number of alkyl halides is 1. The van der Waals surface area contributed by atoms with Crippen LogP contribution < -0.4 is 15.8 Å². The Morgan fingerprint density at radius 2 is 2.20 bits per heavy atom. The first-order valence-electron chi connectivity index (χ1n) is 11.2. The van der Waals surface area contributed by atoms with E-state index in [2.05, 4.69) is 25.5 Å². The van der Waals surface area contributed by atoms with Crippen LogP contribution in [0.4, 0.5) is 10.2 Å². The number of phenols is 1. The van der Waals surface area contributed by atoms with E-state index in [1.807, 2.05) is 0 Å². The van der Waals surface area contributed by atoms with Gasteiger partial charge in [-0.3, -0.25) is 4.79 Å². The molecule has 156 valence electrons. The Morgan fingerprint density at radius 3 is 2.97 bits per heavy atom. The van der Waals surface area contributed by atoms with Gasteiger partial charge in [0.25, 0.3) is 5.56 Å². The van der Waals surface area contributed by atoms with Crippen molar-refractivity contribution in [3.8, 4) is 17.1 Å². The minimum absolute atomic E-state index is 0.0475. The van der Waals surface area contributed by atoms with E-state index in [0.717, 1.165) is 25.2 Å². The highest BCUT2D eigenvalue weighted by Gasteiger charge is 2.43. The molecule has 30 heavy (non-hydrogen) atoms. The molecule has 5 rings (SSSR count). The lowest BCUT2D eigenvalue weighted by Gasteiger charge is -2.38. The number of fused-ring (bicyclic) bond motifs is 3. The van der Waals surface area contributed by atoms with E-state index in [1.54, 1.807) is 11.9 Å². The summed E-state index contributed by atoms with van der Waals surface area (Å²) in [6, 6.07) is 2.37. The predicted molar refractivity (Wildman–Crippen MR) is 109 cm³/mol. The number of benzene rings is 1. The third-order valence-corrected chi connectivity index (χ3v) is 6.08. The summed E-state index contributed by atoms with van der Waals surface area (Å²) >= 11 is 0. The Balaban J connectivity index is 1.45. The molecule has 4 atom stereocenters. The zero-order valence-electron chi connectivity index (χ0n) is 19.2. The summed E-state index contributed by atoms with van der Waals surface area (Å²) in [6.07, 6.45) is 3.83. The molecular formula is C20H22FN7O2. The molecule has 2 aliphatic rings. The number of nitrogens with zero attached hydrogens (tertiary/aromatic N) is 6. The van der Waals surface area contributed by atoms with Crippen LogP contribution in [0.3, 0.4) is 0 Å². The lowest BCUT2D eigenvalue weighted by atomic mass is 9.96. The fourth-order valence-electron chi connectivity index (χ4n) is 4.41. The molecule has 2 saturated heterocycles. The van der Waals surface area contributed by atoms with Gasteiger partial charge in [-0.2, -0.15) is 0 Å². The summed E-state index contributed by atoms with van der Waals surface area (Å²) in [6.45, 7) is -2.69. The van der Waals surface area contributed by atoms with Gasteiger partial charge in [-0.1, -0.05) is 0 Å². The first-order valence-corrected chi connectivity index (χ1v) is 9.71. The molecule has 2 unspecified atom stereocenters. The van der Waals surface area contributed by atoms with Crippen LogP contribution >= 0.6 is 0 Å². The molecule has 0 aliphatic carbocycles.